The van der Waals surface area contributed by atoms with Crippen molar-refractivity contribution in [3.05, 3.63) is 41.7 Å². The van der Waals surface area contributed by atoms with E-state index in [0.29, 0.717) is 6.42 Å². The predicted molar refractivity (Wildman–Crippen MR) is 61.9 cm³/mol. The molecule has 2 heteroatoms. The Balaban J connectivity index is 2.50. The number of hydrogen-bond donors (Lipinski definition) is 1. The number of aliphatic hydroxyl groups is 1. The van der Waals surface area contributed by atoms with E-state index in [2.05, 4.69) is 23.2 Å². The van der Waals surface area contributed by atoms with Gasteiger partial charge in [0.25, 0.3) is 0 Å². The van der Waals surface area contributed by atoms with Crippen LogP contribution in [0.3, 0.4) is 0 Å². The van der Waals surface area contributed by atoms with E-state index in [1.165, 1.54) is 10.8 Å². The Morgan fingerprint density at radius 3 is 2.87 bits per heavy atom. The second-order valence-electron chi connectivity index (χ2n) is 4.00. The molecule has 0 spiro atoms. The number of nitrogens with zero attached hydrogens (tertiary/aromatic N) is 1. The van der Waals surface area contributed by atoms with Crippen molar-refractivity contribution >= 4 is 10.8 Å². The van der Waals surface area contributed by atoms with Gasteiger partial charge in [-0.15, -0.1) is 0 Å². The Morgan fingerprint density at radius 1 is 1.33 bits per heavy atom. The summed E-state index contributed by atoms with van der Waals surface area (Å²) in [6.07, 6.45) is 2.23. The molecule has 0 amide bonds. The van der Waals surface area contributed by atoms with Gasteiger partial charge in [0.05, 0.1) is 6.10 Å². The van der Waals surface area contributed by atoms with Gasteiger partial charge in [-0.3, -0.25) is 4.98 Å². The van der Waals surface area contributed by atoms with Crippen LogP contribution in [-0.4, -0.2) is 16.2 Å². The number of pyridine rings is 1. The topological polar surface area (TPSA) is 33.1 Å². The summed E-state index contributed by atoms with van der Waals surface area (Å²) in [5, 5.41) is 11.7. The molecule has 1 aromatic heterocycles. The minimum absolute atomic E-state index is 0.292. The summed E-state index contributed by atoms with van der Waals surface area (Å²) in [4.78, 5) is 4.27. The normalized spacial score (nSPS) is 13.0. The molecule has 0 bridgehead atoms. The number of rotatable bonds is 2. The van der Waals surface area contributed by atoms with E-state index in [4.69, 9.17) is 0 Å². The van der Waals surface area contributed by atoms with Gasteiger partial charge in [-0.05, 0) is 43.4 Å². The van der Waals surface area contributed by atoms with Gasteiger partial charge in [-0.2, -0.15) is 0 Å². The third kappa shape index (κ3) is 2.16. The maximum absolute atomic E-state index is 9.33. The van der Waals surface area contributed by atoms with Crippen LogP contribution in [0.4, 0.5) is 0 Å². The lowest BCUT2D eigenvalue weighted by Crippen LogP contribution is -2.03. The fourth-order valence-electron chi connectivity index (χ4n) is 1.83. The quantitative estimate of drug-likeness (QED) is 0.809. The van der Waals surface area contributed by atoms with E-state index < -0.39 is 0 Å². The third-order valence-corrected chi connectivity index (χ3v) is 2.56. The van der Waals surface area contributed by atoms with Crippen molar-refractivity contribution in [2.75, 3.05) is 0 Å². The Kier molecular flexibility index (Phi) is 2.69. The fourth-order valence-corrected chi connectivity index (χ4v) is 1.83. The zero-order valence-electron chi connectivity index (χ0n) is 9.07. The van der Waals surface area contributed by atoms with Crippen LogP contribution < -0.4 is 0 Å². The fraction of sp³-hybridized carbons (Fsp3) is 0.308. The minimum Gasteiger partial charge on any atom is -0.393 e. The van der Waals surface area contributed by atoms with Gasteiger partial charge >= 0.3 is 0 Å². The van der Waals surface area contributed by atoms with Gasteiger partial charge < -0.3 is 5.11 Å². The Labute approximate surface area is 89.6 Å². The van der Waals surface area contributed by atoms with E-state index in [-0.39, 0.29) is 6.10 Å². The van der Waals surface area contributed by atoms with Crippen LogP contribution in [0.25, 0.3) is 10.8 Å². The number of hydrogen-bond acceptors (Lipinski definition) is 2. The molecule has 1 aromatic carbocycles. The number of aromatic nitrogens is 1. The van der Waals surface area contributed by atoms with Gasteiger partial charge in [0, 0.05) is 17.3 Å². The number of aryl methyl sites for hydroxylation is 1. The summed E-state index contributed by atoms with van der Waals surface area (Å²) in [5.41, 5.74) is 2.20. The first kappa shape index (κ1) is 10.1. The summed E-state index contributed by atoms with van der Waals surface area (Å²) < 4.78 is 0. The van der Waals surface area contributed by atoms with Crippen LogP contribution in [0.15, 0.2) is 30.5 Å². The summed E-state index contributed by atoms with van der Waals surface area (Å²) in [6, 6.07) is 8.27. The minimum atomic E-state index is -0.292. The molecule has 0 aliphatic carbocycles. The van der Waals surface area contributed by atoms with E-state index >= 15 is 0 Å². The first-order valence-corrected chi connectivity index (χ1v) is 5.19. The van der Waals surface area contributed by atoms with E-state index in [1.807, 2.05) is 19.2 Å². The molecule has 0 aliphatic heterocycles. The predicted octanol–water partition coefficient (Wildman–Crippen LogP) is 2.47. The van der Waals surface area contributed by atoms with Crippen molar-refractivity contribution in [1.82, 2.24) is 4.98 Å². The SMILES string of the molecule is Cc1nccc2ccc(CC(C)O)cc12. The molecule has 1 N–H and O–H groups in total. The van der Waals surface area contributed by atoms with Gasteiger partial charge in [0.15, 0.2) is 0 Å². The molecule has 15 heavy (non-hydrogen) atoms. The largest absolute Gasteiger partial charge is 0.393 e. The lowest BCUT2D eigenvalue weighted by atomic mass is 10.0. The van der Waals surface area contributed by atoms with Crippen molar-refractivity contribution in [3.63, 3.8) is 0 Å². The van der Waals surface area contributed by atoms with Crippen LogP contribution in [0.2, 0.25) is 0 Å². The maximum Gasteiger partial charge on any atom is 0.0552 e. The highest BCUT2D eigenvalue weighted by atomic mass is 16.3. The van der Waals surface area contributed by atoms with Crippen molar-refractivity contribution in [2.24, 2.45) is 0 Å². The highest BCUT2D eigenvalue weighted by Crippen LogP contribution is 2.18. The first-order chi connectivity index (χ1) is 7.16. The van der Waals surface area contributed by atoms with E-state index in [9.17, 15) is 5.11 Å². The zero-order chi connectivity index (χ0) is 10.8. The molecule has 0 saturated carbocycles. The Hall–Kier alpha value is -1.41. The Morgan fingerprint density at radius 2 is 2.13 bits per heavy atom. The molecule has 1 heterocycles. The average molecular weight is 201 g/mol. The molecule has 0 radical (unpaired) electrons. The van der Waals surface area contributed by atoms with Crippen LogP contribution in [0.1, 0.15) is 18.2 Å². The molecule has 0 fully saturated rings. The second kappa shape index (κ2) is 3.99. The molecule has 1 atom stereocenters. The van der Waals surface area contributed by atoms with Crippen molar-refractivity contribution in [1.29, 1.82) is 0 Å². The molecule has 2 rings (SSSR count). The van der Waals surface area contributed by atoms with Crippen molar-refractivity contribution < 1.29 is 5.11 Å². The Bertz CT molecular complexity index is 477. The maximum atomic E-state index is 9.33. The van der Waals surface area contributed by atoms with Crippen LogP contribution in [0, 0.1) is 6.92 Å². The molecular formula is C13H15NO. The van der Waals surface area contributed by atoms with Gasteiger partial charge in [0.2, 0.25) is 0 Å². The molecular weight excluding hydrogens is 186 g/mol. The van der Waals surface area contributed by atoms with E-state index in [1.54, 1.807) is 6.92 Å². The highest BCUT2D eigenvalue weighted by molar-refractivity contribution is 5.84. The summed E-state index contributed by atoms with van der Waals surface area (Å²) >= 11 is 0. The van der Waals surface area contributed by atoms with Gasteiger partial charge in [-0.25, -0.2) is 0 Å². The zero-order valence-corrected chi connectivity index (χ0v) is 9.07. The standard InChI is InChI=1S/C13H15NO/c1-9(15)7-11-3-4-12-5-6-14-10(2)13(12)8-11/h3-6,8-9,15H,7H2,1-2H3. The number of aliphatic hydroxyl groups excluding tert-OH is 1. The third-order valence-electron chi connectivity index (χ3n) is 2.56. The number of fused-ring (bicyclic) bond motifs is 1. The van der Waals surface area contributed by atoms with Gasteiger partial charge in [0.1, 0.15) is 0 Å². The van der Waals surface area contributed by atoms with Crippen molar-refractivity contribution in [3.8, 4) is 0 Å². The van der Waals surface area contributed by atoms with Crippen LogP contribution in [0.5, 0.6) is 0 Å². The smallest absolute Gasteiger partial charge is 0.0552 e. The van der Waals surface area contributed by atoms with E-state index in [0.717, 1.165) is 11.3 Å². The van der Waals surface area contributed by atoms with Crippen molar-refractivity contribution in [2.45, 2.75) is 26.4 Å². The monoisotopic (exact) mass is 201 g/mol. The average Bonchev–Trinajstić information content (AvgIpc) is 2.18. The molecule has 1 unspecified atom stereocenters. The molecule has 2 nitrogen and oxygen atoms in total. The first-order valence-electron chi connectivity index (χ1n) is 5.19. The molecule has 2 aromatic rings. The summed E-state index contributed by atoms with van der Waals surface area (Å²) in [7, 11) is 0. The van der Waals surface area contributed by atoms with Crippen LogP contribution >= 0.6 is 0 Å². The highest BCUT2D eigenvalue weighted by Gasteiger charge is 2.02. The van der Waals surface area contributed by atoms with Crippen LogP contribution in [-0.2, 0) is 6.42 Å². The summed E-state index contributed by atoms with van der Waals surface area (Å²) in [6.45, 7) is 3.81. The lowest BCUT2D eigenvalue weighted by Gasteiger charge is -2.07. The molecule has 0 saturated heterocycles. The number of benzene rings is 1. The molecule has 78 valence electrons. The second-order valence-corrected chi connectivity index (χ2v) is 4.00. The van der Waals surface area contributed by atoms with Gasteiger partial charge in [-0.1, -0.05) is 12.1 Å². The molecule has 0 aliphatic rings. The summed E-state index contributed by atoms with van der Waals surface area (Å²) in [5.74, 6) is 0. The lowest BCUT2D eigenvalue weighted by molar-refractivity contribution is 0.195.